The van der Waals surface area contributed by atoms with Crippen LogP contribution in [-0.2, 0) is 0 Å². The molecule has 3 rings (SSSR count). The van der Waals surface area contributed by atoms with Crippen LogP contribution >= 0.6 is 11.8 Å². The van der Waals surface area contributed by atoms with Crippen molar-refractivity contribution >= 4 is 28.3 Å². The van der Waals surface area contributed by atoms with Gasteiger partial charge in [0, 0.05) is 34.9 Å². The maximum atomic E-state index is 12.7. The van der Waals surface area contributed by atoms with Crippen LogP contribution in [0.5, 0.6) is 0 Å². The van der Waals surface area contributed by atoms with Gasteiger partial charge in [-0.1, -0.05) is 84.6 Å². The second-order valence-corrected chi connectivity index (χ2v) is 7.28. The van der Waals surface area contributed by atoms with Crippen molar-refractivity contribution in [3.05, 3.63) is 112 Å². The lowest BCUT2D eigenvalue weighted by Gasteiger charge is -2.16. The van der Waals surface area contributed by atoms with Crippen LogP contribution in [0.4, 0.5) is 5.69 Å². The minimum absolute atomic E-state index is 0.0312. The third kappa shape index (κ3) is 4.92. The van der Waals surface area contributed by atoms with Crippen LogP contribution in [0.25, 0.3) is 0 Å². The van der Waals surface area contributed by atoms with E-state index in [2.05, 4.69) is 0 Å². The second-order valence-electron chi connectivity index (χ2n) is 6.10. The molecule has 6 heteroatoms. The van der Waals surface area contributed by atoms with E-state index in [1.165, 1.54) is 12.1 Å². The Kier molecular flexibility index (Phi) is 6.34. The molecule has 0 radical (unpaired) electrons. The largest absolute Gasteiger partial charge is 0.294 e. The Morgan fingerprint density at radius 1 is 0.821 bits per heavy atom. The van der Waals surface area contributed by atoms with Gasteiger partial charge in [-0.05, 0) is 5.56 Å². The van der Waals surface area contributed by atoms with Crippen molar-refractivity contribution in [2.24, 2.45) is 0 Å². The molecule has 0 amide bonds. The molecule has 28 heavy (non-hydrogen) atoms. The summed E-state index contributed by atoms with van der Waals surface area (Å²) >= 11 is 1.06. The number of benzene rings is 3. The van der Waals surface area contributed by atoms with Gasteiger partial charge in [0.1, 0.15) is 0 Å². The van der Waals surface area contributed by atoms with E-state index in [0.717, 1.165) is 11.8 Å². The van der Waals surface area contributed by atoms with Gasteiger partial charge < -0.3 is 0 Å². The van der Waals surface area contributed by atoms with E-state index in [4.69, 9.17) is 0 Å². The van der Waals surface area contributed by atoms with Gasteiger partial charge >= 0.3 is 0 Å². The highest BCUT2D eigenvalue weighted by molar-refractivity contribution is 8.14. The Morgan fingerprint density at radius 2 is 1.36 bits per heavy atom. The summed E-state index contributed by atoms with van der Waals surface area (Å²) in [7, 11) is 0. The summed E-state index contributed by atoms with van der Waals surface area (Å²) in [5.41, 5.74) is 1.79. The summed E-state index contributed by atoms with van der Waals surface area (Å²) in [6.07, 6.45) is 0.116. The average molecular weight is 391 g/mol. The molecule has 0 spiro atoms. The van der Waals surface area contributed by atoms with E-state index in [1.54, 1.807) is 60.7 Å². The van der Waals surface area contributed by atoms with Crippen molar-refractivity contribution in [1.82, 2.24) is 0 Å². The predicted molar refractivity (Wildman–Crippen MR) is 110 cm³/mol. The SMILES string of the molecule is O=C(CC(SC(=O)c1ccccc1)c1ccc([N+](=O)[O-])cc1)c1ccccc1. The fourth-order valence-corrected chi connectivity index (χ4v) is 3.78. The second kappa shape index (κ2) is 9.10. The molecule has 0 fully saturated rings. The number of nitro benzene ring substituents is 1. The number of Topliss-reactive ketones (excluding diaryl/α,β-unsaturated/α-hetero) is 1. The quantitative estimate of drug-likeness (QED) is 0.303. The smallest absolute Gasteiger partial charge is 0.269 e. The maximum Gasteiger partial charge on any atom is 0.269 e. The van der Waals surface area contributed by atoms with E-state index in [9.17, 15) is 19.7 Å². The monoisotopic (exact) mass is 391 g/mol. The van der Waals surface area contributed by atoms with Crippen molar-refractivity contribution in [3.8, 4) is 0 Å². The molecule has 3 aromatic carbocycles. The van der Waals surface area contributed by atoms with Crippen LogP contribution in [-0.4, -0.2) is 15.8 Å². The minimum Gasteiger partial charge on any atom is -0.294 e. The number of thioether (sulfide) groups is 1. The molecule has 0 aliphatic carbocycles. The molecule has 3 aromatic rings. The first-order chi connectivity index (χ1) is 13.5. The highest BCUT2D eigenvalue weighted by Gasteiger charge is 2.22. The Hall–Kier alpha value is -3.25. The lowest BCUT2D eigenvalue weighted by Crippen LogP contribution is -2.08. The van der Waals surface area contributed by atoms with Crippen molar-refractivity contribution in [1.29, 1.82) is 0 Å². The number of hydrogen-bond donors (Lipinski definition) is 0. The molecule has 0 N–H and O–H groups in total. The van der Waals surface area contributed by atoms with Crippen molar-refractivity contribution in [2.45, 2.75) is 11.7 Å². The van der Waals surface area contributed by atoms with Crippen LogP contribution in [0.3, 0.4) is 0 Å². The van der Waals surface area contributed by atoms with Crippen molar-refractivity contribution in [2.75, 3.05) is 0 Å². The molecule has 0 aliphatic heterocycles. The molecule has 0 aromatic heterocycles. The molecule has 0 heterocycles. The van der Waals surface area contributed by atoms with Gasteiger partial charge in [-0.3, -0.25) is 19.7 Å². The minimum atomic E-state index is -0.476. The number of nitro groups is 1. The summed E-state index contributed by atoms with van der Waals surface area (Å²) < 4.78 is 0. The number of non-ortho nitro benzene ring substituents is 1. The topological polar surface area (TPSA) is 77.3 Å². The molecule has 1 atom stereocenters. The molecule has 5 nitrogen and oxygen atoms in total. The van der Waals surface area contributed by atoms with Gasteiger partial charge in [0.05, 0.1) is 4.92 Å². The molecule has 140 valence electrons. The van der Waals surface area contributed by atoms with E-state index in [-0.39, 0.29) is 23.0 Å². The zero-order valence-electron chi connectivity index (χ0n) is 14.9. The first-order valence-electron chi connectivity index (χ1n) is 8.63. The summed E-state index contributed by atoms with van der Waals surface area (Å²) in [4.78, 5) is 35.8. The van der Waals surface area contributed by atoms with Crippen molar-refractivity contribution in [3.63, 3.8) is 0 Å². The zero-order chi connectivity index (χ0) is 19.9. The van der Waals surface area contributed by atoms with Gasteiger partial charge in [0.2, 0.25) is 5.12 Å². The molecule has 0 saturated carbocycles. The lowest BCUT2D eigenvalue weighted by atomic mass is 10.0. The standard InChI is InChI=1S/C22H17NO4S/c24-20(16-7-3-1-4-8-16)15-21(17-11-13-19(14-12-17)23(26)27)28-22(25)18-9-5-2-6-10-18/h1-14,21H,15H2. The third-order valence-corrected chi connectivity index (χ3v) is 5.37. The fraction of sp³-hybridized carbons (Fsp3) is 0.0909. The predicted octanol–water partition coefficient (Wildman–Crippen LogP) is 5.48. The number of hydrogen-bond acceptors (Lipinski definition) is 5. The van der Waals surface area contributed by atoms with E-state index in [1.807, 2.05) is 12.1 Å². The van der Waals surface area contributed by atoms with Crippen LogP contribution in [0.15, 0.2) is 84.9 Å². The molecule has 0 saturated heterocycles. The number of carbonyl (C=O) groups excluding carboxylic acids is 2. The Morgan fingerprint density at radius 3 is 1.89 bits per heavy atom. The van der Waals surface area contributed by atoms with Gasteiger partial charge in [-0.25, -0.2) is 0 Å². The number of rotatable bonds is 7. The number of ketones is 1. The lowest BCUT2D eigenvalue weighted by molar-refractivity contribution is -0.384. The van der Waals surface area contributed by atoms with E-state index >= 15 is 0 Å². The molecule has 1 unspecified atom stereocenters. The number of nitrogens with zero attached hydrogens (tertiary/aromatic N) is 1. The van der Waals surface area contributed by atoms with Crippen LogP contribution in [0.2, 0.25) is 0 Å². The highest BCUT2D eigenvalue weighted by atomic mass is 32.2. The van der Waals surface area contributed by atoms with Crippen LogP contribution < -0.4 is 0 Å². The Balaban J connectivity index is 1.85. The average Bonchev–Trinajstić information content (AvgIpc) is 2.74. The molecule has 0 bridgehead atoms. The van der Waals surface area contributed by atoms with Crippen LogP contribution in [0, 0.1) is 10.1 Å². The molecular weight excluding hydrogens is 374 g/mol. The zero-order valence-corrected chi connectivity index (χ0v) is 15.7. The van der Waals surface area contributed by atoms with Gasteiger partial charge in [-0.15, -0.1) is 0 Å². The van der Waals surface area contributed by atoms with E-state index in [0.29, 0.717) is 16.7 Å². The summed E-state index contributed by atoms with van der Waals surface area (Å²) in [6, 6.07) is 23.7. The third-order valence-electron chi connectivity index (χ3n) is 4.20. The Labute approximate surface area is 166 Å². The first kappa shape index (κ1) is 19.5. The van der Waals surface area contributed by atoms with Gasteiger partial charge in [-0.2, -0.15) is 0 Å². The maximum absolute atomic E-state index is 12.7. The molecular formula is C22H17NO4S. The first-order valence-corrected chi connectivity index (χ1v) is 9.51. The van der Waals surface area contributed by atoms with Gasteiger partial charge in [0.25, 0.3) is 5.69 Å². The molecule has 0 aliphatic rings. The summed E-state index contributed by atoms with van der Waals surface area (Å²) in [5, 5.41) is 10.3. The normalized spacial score (nSPS) is 11.6. The Bertz CT molecular complexity index is 919. The van der Waals surface area contributed by atoms with Gasteiger partial charge in [0.15, 0.2) is 5.78 Å². The van der Waals surface area contributed by atoms with E-state index < -0.39 is 10.2 Å². The summed E-state index contributed by atoms with van der Waals surface area (Å²) in [6.45, 7) is 0. The number of carbonyl (C=O) groups is 2. The summed E-state index contributed by atoms with van der Waals surface area (Å²) in [5.74, 6) is -0.0858. The van der Waals surface area contributed by atoms with Crippen LogP contribution in [0.1, 0.15) is 38.0 Å². The fourth-order valence-electron chi connectivity index (χ4n) is 2.72. The van der Waals surface area contributed by atoms with Crippen molar-refractivity contribution < 1.29 is 14.5 Å². The highest BCUT2D eigenvalue weighted by Crippen LogP contribution is 2.36.